The van der Waals surface area contributed by atoms with Gasteiger partial charge in [0.2, 0.25) is 16.2 Å². The number of nitrogens with zero attached hydrogens (tertiary/aromatic N) is 2. The largest absolute Gasteiger partial charge is 0.508 e. The van der Waals surface area contributed by atoms with Gasteiger partial charge in [0, 0.05) is 39.3 Å². The van der Waals surface area contributed by atoms with E-state index in [1.807, 2.05) is 13.0 Å². The van der Waals surface area contributed by atoms with E-state index in [2.05, 4.69) is 25.3 Å². The number of thioether (sulfide) groups is 2. The van der Waals surface area contributed by atoms with Crippen molar-refractivity contribution in [2.75, 3.05) is 29.2 Å². The zero-order chi connectivity index (χ0) is 29.9. The fraction of sp³-hybridized carbons (Fsp3) is 0.138. The number of phenols is 1. The molecule has 0 aliphatic rings. The molecule has 13 heteroatoms. The molecule has 0 saturated heterocycles. The second kappa shape index (κ2) is 15.1. The third-order valence-electron chi connectivity index (χ3n) is 5.43. The zero-order valence-electron chi connectivity index (χ0n) is 22.6. The molecule has 0 unspecified atom stereocenters. The minimum Gasteiger partial charge on any atom is -0.508 e. The van der Waals surface area contributed by atoms with Crippen LogP contribution in [0.5, 0.6) is 11.5 Å². The van der Waals surface area contributed by atoms with Gasteiger partial charge >= 0.3 is 0 Å². The zero-order valence-corrected chi connectivity index (χ0v) is 25.1. The molecule has 0 saturated carbocycles. The van der Waals surface area contributed by atoms with Crippen LogP contribution < -0.4 is 20.7 Å². The fourth-order valence-electron chi connectivity index (χ4n) is 3.53. The highest BCUT2D eigenvalue weighted by molar-refractivity contribution is 8.00. The van der Waals surface area contributed by atoms with Crippen LogP contribution in [0.15, 0.2) is 88.5 Å². The number of anilines is 2. The first-order valence-corrected chi connectivity index (χ1v) is 15.3. The summed E-state index contributed by atoms with van der Waals surface area (Å²) in [6.45, 7) is 2.00. The van der Waals surface area contributed by atoms with Crippen molar-refractivity contribution in [3.05, 3.63) is 89.6 Å². The number of hydrogen-bond acceptors (Lipinski definition) is 10. The van der Waals surface area contributed by atoms with E-state index in [9.17, 15) is 19.5 Å². The number of aromatic nitrogens is 2. The third kappa shape index (κ3) is 8.83. The van der Waals surface area contributed by atoms with Crippen LogP contribution in [0, 0.1) is 0 Å². The highest BCUT2D eigenvalue weighted by atomic mass is 32.2. The molecule has 4 aromatic rings. The van der Waals surface area contributed by atoms with Crippen LogP contribution in [-0.2, 0) is 9.59 Å². The van der Waals surface area contributed by atoms with Crippen LogP contribution >= 0.6 is 35.1 Å². The highest BCUT2D eigenvalue weighted by Crippen LogP contribution is 2.27. The van der Waals surface area contributed by atoms with Gasteiger partial charge in [-0.25, -0.2) is 0 Å². The molecule has 0 aliphatic heterocycles. The topological polar surface area (TPSA) is 143 Å². The lowest BCUT2D eigenvalue weighted by molar-refractivity contribution is -0.114. The molecule has 0 fully saturated rings. The Bertz CT molecular complexity index is 1590. The Balaban J connectivity index is 1.47. The minimum atomic E-state index is -0.577. The van der Waals surface area contributed by atoms with Crippen LogP contribution in [0.2, 0.25) is 0 Å². The monoisotopic (exact) mass is 621 g/mol. The first kappa shape index (κ1) is 30.6. The van der Waals surface area contributed by atoms with Crippen LogP contribution in [0.25, 0.3) is 6.08 Å². The van der Waals surface area contributed by atoms with E-state index >= 15 is 0 Å². The molecule has 4 rings (SSSR count). The summed E-state index contributed by atoms with van der Waals surface area (Å²) in [5.74, 6) is 0.0120. The van der Waals surface area contributed by atoms with E-state index < -0.39 is 11.8 Å². The molecular weight excluding hydrogens is 595 g/mol. The molecule has 10 nitrogen and oxygen atoms in total. The summed E-state index contributed by atoms with van der Waals surface area (Å²) in [6, 6.07) is 19.9. The van der Waals surface area contributed by atoms with Gasteiger partial charge in [-0.3, -0.25) is 19.7 Å². The van der Waals surface area contributed by atoms with Gasteiger partial charge in [-0.1, -0.05) is 43.0 Å². The Hall–Kier alpha value is -4.33. The summed E-state index contributed by atoms with van der Waals surface area (Å²) < 4.78 is 9.52. The number of carbonyl (C=O) groups excluding carboxylic acids is 3. The SMILES string of the molecule is CCSc1nsc(NC(=O)CSc2cccc(NC(=O)/C(=C\c3ccc(O)cc3OC)NC(=O)c3ccccc3)c2)n1. The number of ether oxygens (including phenoxy) is 1. The van der Waals surface area contributed by atoms with Gasteiger partial charge in [-0.2, -0.15) is 9.36 Å². The normalized spacial score (nSPS) is 11.0. The lowest BCUT2D eigenvalue weighted by atomic mass is 10.1. The number of benzene rings is 3. The van der Waals surface area contributed by atoms with Crippen LogP contribution in [-0.4, -0.2) is 50.8 Å². The molecule has 0 spiro atoms. The molecule has 1 heterocycles. The van der Waals surface area contributed by atoms with Gasteiger partial charge in [0.1, 0.15) is 17.2 Å². The number of phenolic OH excluding ortho intramolecular Hbond substituents is 1. The molecule has 216 valence electrons. The minimum absolute atomic E-state index is 0.00474. The van der Waals surface area contributed by atoms with Gasteiger partial charge in [-0.05, 0) is 54.3 Å². The summed E-state index contributed by atoms with van der Waals surface area (Å²) in [5.41, 5.74) is 1.27. The maximum absolute atomic E-state index is 13.4. The summed E-state index contributed by atoms with van der Waals surface area (Å²) in [7, 11) is 1.44. The number of methoxy groups -OCH3 is 1. The number of amides is 3. The molecule has 0 radical (unpaired) electrons. The van der Waals surface area contributed by atoms with Crippen molar-refractivity contribution in [1.82, 2.24) is 14.7 Å². The first-order chi connectivity index (χ1) is 20.3. The van der Waals surface area contributed by atoms with Crippen LogP contribution in [0.4, 0.5) is 10.8 Å². The average Bonchev–Trinajstić information content (AvgIpc) is 3.43. The highest BCUT2D eigenvalue weighted by Gasteiger charge is 2.17. The van der Waals surface area contributed by atoms with Gasteiger partial charge in [0.15, 0.2) is 0 Å². The van der Waals surface area contributed by atoms with Crippen molar-refractivity contribution in [3.63, 3.8) is 0 Å². The molecule has 0 aliphatic carbocycles. The van der Waals surface area contributed by atoms with E-state index in [1.54, 1.807) is 54.6 Å². The summed E-state index contributed by atoms with van der Waals surface area (Å²) in [4.78, 5) is 43.8. The standard InChI is InChI=1S/C29H27N5O5S3/c1-3-40-29-33-28(42-34-29)32-25(36)17-41-22-11-7-10-20(15-22)30-27(38)23(31-26(37)18-8-5-4-6-9-18)14-19-12-13-21(35)16-24(19)39-2/h4-16,35H,3,17H2,1-2H3,(H,30,38)(H,31,37)(H,32,33,34,36)/b23-14+. The molecule has 42 heavy (non-hydrogen) atoms. The van der Waals surface area contributed by atoms with E-state index in [1.165, 1.54) is 48.8 Å². The predicted octanol–water partition coefficient (Wildman–Crippen LogP) is 5.50. The molecule has 4 N–H and O–H groups in total. The second-order valence-corrected chi connectivity index (χ2v) is 11.5. The van der Waals surface area contributed by atoms with Crippen molar-refractivity contribution in [2.45, 2.75) is 17.0 Å². The number of aromatic hydroxyl groups is 1. The van der Waals surface area contributed by atoms with Crippen molar-refractivity contribution in [3.8, 4) is 11.5 Å². The van der Waals surface area contributed by atoms with Crippen molar-refractivity contribution in [2.24, 2.45) is 0 Å². The molecule has 3 aromatic carbocycles. The molecule has 0 bridgehead atoms. The van der Waals surface area contributed by atoms with Gasteiger partial charge < -0.3 is 20.5 Å². The van der Waals surface area contributed by atoms with Crippen molar-refractivity contribution in [1.29, 1.82) is 0 Å². The Kier molecular flexibility index (Phi) is 11.0. The van der Waals surface area contributed by atoms with Gasteiger partial charge in [0.05, 0.1) is 12.9 Å². The quantitative estimate of drug-likeness (QED) is 0.119. The van der Waals surface area contributed by atoms with Crippen molar-refractivity contribution < 1.29 is 24.2 Å². The number of nitrogens with one attached hydrogen (secondary N) is 3. The smallest absolute Gasteiger partial charge is 0.272 e. The lowest BCUT2D eigenvalue weighted by Crippen LogP contribution is -2.30. The second-order valence-electron chi connectivity index (χ2n) is 8.44. The summed E-state index contributed by atoms with van der Waals surface area (Å²) in [6.07, 6.45) is 1.47. The van der Waals surface area contributed by atoms with Crippen molar-refractivity contribution >= 4 is 69.7 Å². The van der Waals surface area contributed by atoms with E-state index in [0.717, 1.165) is 22.2 Å². The van der Waals surface area contributed by atoms with E-state index in [4.69, 9.17) is 4.74 Å². The average molecular weight is 622 g/mol. The third-order valence-corrected chi connectivity index (χ3v) is 7.90. The van der Waals surface area contributed by atoms with Gasteiger partial charge in [-0.15, -0.1) is 11.8 Å². The molecule has 0 atom stereocenters. The molecule has 1 aromatic heterocycles. The Morgan fingerprint density at radius 1 is 1.00 bits per heavy atom. The number of hydrogen-bond donors (Lipinski definition) is 4. The first-order valence-electron chi connectivity index (χ1n) is 12.6. The van der Waals surface area contributed by atoms with Crippen LogP contribution in [0.1, 0.15) is 22.8 Å². The fourth-order valence-corrected chi connectivity index (χ4v) is 5.57. The maximum Gasteiger partial charge on any atom is 0.272 e. The van der Waals surface area contributed by atoms with E-state index in [-0.39, 0.29) is 23.1 Å². The maximum atomic E-state index is 13.4. The van der Waals surface area contributed by atoms with Crippen LogP contribution in [0.3, 0.4) is 0 Å². The van der Waals surface area contributed by atoms with E-state index in [0.29, 0.717) is 32.9 Å². The summed E-state index contributed by atoms with van der Waals surface area (Å²) in [5, 5.41) is 19.1. The van der Waals surface area contributed by atoms with Gasteiger partial charge in [0.25, 0.3) is 11.8 Å². The lowest BCUT2D eigenvalue weighted by Gasteiger charge is -2.13. The summed E-state index contributed by atoms with van der Waals surface area (Å²) >= 11 is 3.93. The Labute approximate surface area is 255 Å². The Morgan fingerprint density at radius 2 is 1.81 bits per heavy atom. The number of rotatable bonds is 12. The molecule has 3 amide bonds. The Morgan fingerprint density at radius 3 is 2.57 bits per heavy atom. The predicted molar refractivity (Wildman–Crippen MR) is 167 cm³/mol. The molecular formula is C29H27N5O5S3. The number of carbonyl (C=O) groups is 3.